The predicted octanol–water partition coefficient (Wildman–Crippen LogP) is 5.84. The minimum Gasteiger partial charge on any atom is -0.402 e. The maximum absolute atomic E-state index is 12.3. The number of halogens is 3. The van der Waals surface area contributed by atoms with Crippen LogP contribution in [0.3, 0.4) is 0 Å². The SMILES string of the molecule is CCOP(=O)(OCC)O/C(=C\Cl)c1ccc(Cl)cc1Br. The number of phosphoric ester groups is 1. The Labute approximate surface area is 136 Å². The second-order valence-corrected chi connectivity index (χ2v) is 6.57. The van der Waals surface area contributed by atoms with Crippen LogP contribution >= 0.6 is 47.0 Å². The van der Waals surface area contributed by atoms with Gasteiger partial charge in [0.25, 0.3) is 0 Å². The Morgan fingerprint density at radius 1 is 1.35 bits per heavy atom. The van der Waals surface area contributed by atoms with E-state index in [2.05, 4.69) is 15.9 Å². The quantitative estimate of drug-likeness (QED) is 0.424. The van der Waals surface area contributed by atoms with E-state index in [4.69, 9.17) is 36.8 Å². The van der Waals surface area contributed by atoms with Crippen molar-refractivity contribution in [2.75, 3.05) is 13.2 Å². The van der Waals surface area contributed by atoms with Crippen molar-refractivity contribution in [2.45, 2.75) is 13.8 Å². The van der Waals surface area contributed by atoms with Crippen LogP contribution < -0.4 is 0 Å². The van der Waals surface area contributed by atoms with E-state index in [0.29, 0.717) is 15.1 Å². The predicted molar refractivity (Wildman–Crippen MR) is 84.9 cm³/mol. The van der Waals surface area contributed by atoms with E-state index in [9.17, 15) is 4.57 Å². The van der Waals surface area contributed by atoms with Gasteiger partial charge in [0.05, 0.1) is 13.2 Å². The van der Waals surface area contributed by atoms with Gasteiger partial charge in [0.1, 0.15) is 0 Å². The first-order valence-corrected chi connectivity index (χ1v) is 8.87. The molecule has 4 nitrogen and oxygen atoms in total. The van der Waals surface area contributed by atoms with Gasteiger partial charge < -0.3 is 4.52 Å². The summed E-state index contributed by atoms with van der Waals surface area (Å²) in [6.45, 7) is 3.76. The molecule has 1 aromatic carbocycles. The van der Waals surface area contributed by atoms with Crippen molar-refractivity contribution in [1.82, 2.24) is 0 Å². The Hall–Kier alpha value is -0.0300. The van der Waals surface area contributed by atoms with Gasteiger partial charge in [0.2, 0.25) is 0 Å². The van der Waals surface area contributed by atoms with Crippen molar-refractivity contribution in [2.24, 2.45) is 0 Å². The normalized spacial score (nSPS) is 12.6. The van der Waals surface area contributed by atoms with Crippen molar-refractivity contribution in [3.63, 3.8) is 0 Å². The molecule has 0 saturated heterocycles. The fourth-order valence-corrected chi connectivity index (χ4v) is 3.65. The molecule has 0 aliphatic rings. The van der Waals surface area contributed by atoms with E-state index < -0.39 is 7.82 Å². The molecule has 0 fully saturated rings. The van der Waals surface area contributed by atoms with Crippen LogP contribution in [0.1, 0.15) is 19.4 Å². The third-order valence-corrected chi connectivity index (χ3v) is 4.74. The lowest BCUT2D eigenvalue weighted by Crippen LogP contribution is -2.00. The molecule has 20 heavy (non-hydrogen) atoms. The second-order valence-electron chi connectivity index (χ2n) is 3.47. The smallest absolute Gasteiger partial charge is 0.402 e. The van der Waals surface area contributed by atoms with Gasteiger partial charge in [-0.2, -0.15) is 0 Å². The van der Waals surface area contributed by atoms with Gasteiger partial charge in [-0.1, -0.05) is 23.2 Å². The summed E-state index contributed by atoms with van der Waals surface area (Å²) in [6, 6.07) is 5.02. The molecule has 8 heteroatoms. The highest BCUT2D eigenvalue weighted by molar-refractivity contribution is 9.10. The molecule has 0 aliphatic carbocycles. The number of benzene rings is 1. The summed E-state index contributed by atoms with van der Waals surface area (Å²) in [6.07, 6.45) is 0. The zero-order valence-electron chi connectivity index (χ0n) is 10.9. The van der Waals surface area contributed by atoms with Crippen LogP contribution in [0.15, 0.2) is 28.2 Å². The van der Waals surface area contributed by atoms with Crippen molar-refractivity contribution in [3.05, 3.63) is 38.8 Å². The van der Waals surface area contributed by atoms with Gasteiger partial charge in [-0.25, -0.2) is 4.57 Å². The Kier molecular flexibility index (Phi) is 7.59. The number of phosphoric acid groups is 1. The zero-order chi connectivity index (χ0) is 15.2. The van der Waals surface area contributed by atoms with Crippen LogP contribution in [-0.4, -0.2) is 13.2 Å². The molecule has 0 aromatic heterocycles. The summed E-state index contributed by atoms with van der Waals surface area (Å²) >= 11 is 15.0. The van der Waals surface area contributed by atoms with E-state index >= 15 is 0 Å². The summed E-state index contributed by atoms with van der Waals surface area (Å²) in [7, 11) is -3.70. The molecule has 0 atom stereocenters. The van der Waals surface area contributed by atoms with Crippen LogP contribution in [-0.2, 0) is 18.1 Å². The van der Waals surface area contributed by atoms with E-state index in [0.717, 1.165) is 0 Å². The van der Waals surface area contributed by atoms with Gasteiger partial charge >= 0.3 is 7.82 Å². The van der Waals surface area contributed by atoms with Crippen molar-refractivity contribution < 1.29 is 18.1 Å². The molecule has 0 heterocycles. The molecular formula is C12H14BrCl2O4P. The topological polar surface area (TPSA) is 44.8 Å². The third-order valence-electron chi connectivity index (χ3n) is 2.08. The van der Waals surface area contributed by atoms with Gasteiger partial charge in [0, 0.05) is 20.6 Å². The molecule has 0 radical (unpaired) electrons. The maximum Gasteiger partial charge on any atom is 0.530 e. The lowest BCUT2D eigenvalue weighted by molar-refractivity contribution is 0.159. The van der Waals surface area contributed by atoms with E-state index in [1.807, 2.05) is 0 Å². The highest BCUT2D eigenvalue weighted by Gasteiger charge is 2.29. The van der Waals surface area contributed by atoms with Crippen LogP contribution in [0.25, 0.3) is 5.76 Å². The second kappa shape index (κ2) is 8.42. The zero-order valence-corrected chi connectivity index (χ0v) is 14.9. The summed E-state index contributed by atoms with van der Waals surface area (Å²) in [5.41, 5.74) is 1.75. The molecular weight excluding hydrogens is 390 g/mol. The molecule has 1 aromatic rings. The Morgan fingerprint density at radius 3 is 2.40 bits per heavy atom. The van der Waals surface area contributed by atoms with E-state index in [-0.39, 0.29) is 19.0 Å². The van der Waals surface area contributed by atoms with Gasteiger partial charge in [-0.3, -0.25) is 9.05 Å². The first-order chi connectivity index (χ1) is 9.45. The highest BCUT2D eigenvalue weighted by atomic mass is 79.9. The third kappa shape index (κ3) is 5.06. The fraction of sp³-hybridized carbons (Fsp3) is 0.333. The minimum atomic E-state index is -3.70. The highest BCUT2D eigenvalue weighted by Crippen LogP contribution is 2.53. The Balaban J connectivity index is 3.05. The maximum atomic E-state index is 12.3. The first-order valence-electron chi connectivity index (χ1n) is 5.80. The van der Waals surface area contributed by atoms with E-state index in [1.165, 1.54) is 5.54 Å². The molecule has 0 unspecified atom stereocenters. The first kappa shape index (κ1) is 18.0. The van der Waals surface area contributed by atoms with Crippen LogP contribution in [0, 0.1) is 0 Å². The average molecular weight is 404 g/mol. The van der Waals surface area contributed by atoms with Crippen LogP contribution in [0.2, 0.25) is 5.02 Å². The van der Waals surface area contributed by atoms with Gasteiger partial charge in [0.15, 0.2) is 5.76 Å². The molecule has 0 N–H and O–H groups in total. The molecule has 0 saturated carbocycles. The lowest BCUT2D eigenvalue weighted by atomic mass is 10.2. The summed E-state index contributed by atoms with van der Waals surface area (Å²) in [4.78, 5) is 0. The Morgan fingerprint density at radius 2 is 1.95 bits per heavy atom. The molecule has 1 rings (SSSR count). The monoisotopic (exact) mass is 402 g/mol. The number of hydrogen-bond donors (Lipinski definition) is 0. The molecule has 112 valence electrons. The molecule has 0 amide bonds. The van der Waals surface area contributed by atoms with Crippen molar-refractivity contribution in [3.8, 4) is 0 Å². The van der Waals surface area contributed by atoms with E-state index in [1.54, 1.807) is 32.0 Å². The molecule has 0 bridgehead atoms. The molecule has 0 spiro atoms. The largest absolute Gasteiger partial charge is 0.530 e. The number of rotatable bonds is 7. The van der Waals surface area contributed by atoms with Crippen molar-refractivity contribution >= 4 is 52.7 Å². The van der Waals surface area contributed by atoms with Gasteiger partial charge in [-0.05, 0) is 48.0 Å². The standard InChI is InChI=1S/C12H14BrCl2O4P/c1-3-17-20(16,18-4-2)19-12(8-14)10-6-5-9(15)7-11(10)13/h5-8H,3-4H2,1-2H3/b12-8-. The molecule has 0 aliphatic heterocycles. The van der Waals surface area contributed by atoms with Crippen LogP contribution in [0.5, 0.6) is 0 Å². The summed E-state index contributed by atoms with van der Waals surface area (Å²) < 4.78 is 28.4. The van der Waals surface area contributed by atoms with Gasteiger partial charge in [-0.15, -0.1) is 0 Å². The minimum absolute atomic E-state index is 0.167. The summed E-state index contributed by atoms with van der Waals surface area (Å²) in [5, 5.41) is 0.548. The van der Waals surface area contributed by atoms with Crippen molar-refractivity contribution in [1.29, 1.82) is 0 Å². The number of hydrogen-bond acceptors (Lipinski definition) is 4. The summed E-state index contributed by atoms with van der Waals surface area (Å²) in [5.74, 6) is 0.167. The van der Waals surface area contributed by atoms with Crippen LogP contribution in [0.4, 0.5) is 0 Å². The fourth-order valence-electron chi connectivity index (χ4n) is 1.34. The average Bonchev–Trinajstić information content (AvgIpc) is 2.37. The Bertz CT molecular complexity index is 526. The lowest BCUT2D eigenvalue weighted by Gasteiger charge is -2.19.